The molecule has 1 aliphatic rings. The number of alkyl halides is 3. The largest absolute Gasteiger partial charge is 0.573 e. The smallest absolute Gasteiger partial charge is 0.481 e. The van der Waals surface area contributed by atoms with E-state index < -0.39 is 12.3 Å². The lowest BCUT2D eigenvalue weighted by atomic mass is 9.74. The highest BCUT2D eigenvalue weighted by atomic mass is 19.4. The van der Waals surface area contributed by atoms with Crippen molar-refractivity contribution in [2.45, 2.75) is 90.3 Å². The predicted molar refractivity (Wildman–Crippen MR) is 146 cm³/mol. The summed E-state index contributed by atoms with van der Waals surface area (Å²) in [6.45, 7) is 8.54. The number of ether oxygens (including phenoxy) is 1. The van der Waals surface area contributed by atoms with Crippen molar-refractivity contribution in [1.82, 2.24) is 0 Å². The number of aliphatic carboxylic acids is 1. The fourth-order valence-electron chi connectivity index (χ4n) is 5.39. The second-order valence-corrected chi connectivity index (χ2v) is 11.7. The van der Waals surface area contributed by atoms with Crippen molar-refractivity contribution < 1.29 is 32.6 Å². The van der Waals surface area contributed by atoms with E-state index in [2.05, 4.69) is 49.8 Å². The van der Waals surface area contributed by atoms with Crippen molar-refractivity contribution in [1.29, 1.82) is 0 Å². The number of carboxylic acid groups (broad SMARTS) is 1. The Morgan fingerprint density at radius 3 is 2.18 bits per heavy atom. The molecule has 0 spiro atoms. The van der Waals surface area contributed by atoms with E-state index >= 15 is 0 Å². The van der Waals surface area contributed by atoms with Crippen LogP contribution in [0.4, 0.5) is 13.2 Å². The topological polar surface area (TPSA) is 63.6 Å². The summed E-state index contributed by atoms with van der Waals surface area (Å²) in [5.74, 6) is -1.31. The summed E-state index contributed by atoms with van der Waals surface area (Å²) in [5.41, 5.74) is 4.35. The number of aryl methyl sites for hydroxylation is 1. The number of carbonyl (C=O) groups is 2. The zero-order chi connectivity index (χ0) is 28.8. The van der Waals surface area contributed by atoms with Gasteiger partial charge < -0.3 is 9.84 Å². The molecule has 1 aliphatic carbocycles. The molecule has 3 rings (SSSR count). The average Bonchev–Trinajstić information content (AvgIpc) is 2.83. The molecule has 4 nitrogen and oxygen atoms in total. The quantitative estimate of drug-likeness (QED) is 0.344. The normalized spacial score (nSPS) is 22.0. The highest BCUT2D eigenvalue weighted by Crippen LogP contribution is 2.39. The van der Waals surface area contributed by atoms with Gasteiger partial charge in [-0.15, -0.1) is 13.2 Å². The third-order valence-electron chi connectivity index (χ3n) is 7.67. The van der Waals surface area contributed by atoms with Crippen molar-refractivity contribution in [2.75, 3.05) is 0 Å². The molecule has 2 aromatic rings. The summed E-state index contributed by atoms with van der Waals surface area (Å²) >= 11 is 0. The van der Waals surface area contributed by atoms with Crippen LogP contribution in [0.3, 0.4) is 0 Å². The van der Waals surface area contributed by atoms with Gasteiger partial charge in [0, 0.05) is 18.3 Å². The van der Waals surface area contributed by atoms with Crippen molar-refractivity contribution in [3.05, 3.63) is 76.9 Å². The molecule has 7 heteroatoms. The summed E-state index contributed by atoms with van der Waals surface area (Å²) in [6.07, 6.45) is 1.05. The Labute approximate surface area is 229 Å². The van der Waals surface area contributed by atoms with Gasteiger partial charge in [0.2, 0.25) is 0 Å². The summed E-state index contributed by atoms with van der Waals surface area (Å²) in [6, 6.07) is 14.5. The van der Waals surface area contributed by atoms with Crippen molar-refractivity contribution in [3.63, 3.8) is 0 Å². The lowest BCUT2D eigenvalue weighted by Gasteiger charge is -2.30. The Hall–Kier alpha value is -3.09. The van der Waals surface area contributed by atoms with Crippen LogP contribution in [0.2, 0.25) is 0 Å². The first-order valence-corrected chi connectivity index (χ1v) is 13.6. The fraction of sp³-hybridized carbons (Fsp3) is 0.500. The van der Waals surface area contributed by atoms with Crippen molar-refractivity contribution in [3.8, 4) is 5.75 Å². The third-order valence-corrected chi connectivity index (χ3v) is 7.67. The molecule has 0 aromatic heterocycles. The first-order chi connectivity index (χ1) is 18.2. The molecule has 39 heavy (non-hydrogen) atoms. The lowest BCUT2D eigenvalue weighted by molar-refractivity contribution is -0.274. The summed E-state index contributed by atoms with van der Waals surface area (Å²) in [5, 5.41) is 9.17. The van der Waals surface area contributed by atoms with E-state index in [-0.39, 0.29) is 41.1 Å². The van der Waals surface area contributed by atoms with E-state index in [0.717, 1.165) is 36.0 Å². The Bertz CT molecular complexity index is 1140. The molecule has 0 saturated carbocycles. The molecule has 0 saturated heterocycles. The SMILES string of the molecule is CC1CCC(c2ccc(C(C)(C)C)cc2)/C(CCCc2ccc(OC(F)(F)F)cc2)=C\C(=O)[C@@H]1CCC(=O)O. The standard InChI is InChI=1S/C32H39F3O4/c1-21-8-17-28(23-11-13-25(14-12-23)31(2,3)4)24(20-29(36)27(21)18-19-30(37)38)7-5-6-22-9-15-26(16-10-22)39-32(33,34)35/h9-16,20-21,27-28H,5-8,17-19H2,1-4H3,(H,37,38)/b24-20-/t21?,27-,28?/m1/s1. The van der Waals surface area contributed by atoms with E-state index in [1.54, 1.807) is 18.2 Å². The van der Waals surface area contributed by atoms with Crippen LogP contribution in [0, 0.1) is 11.8 Å². The number of hydrogen-bond acceptors (Lipinski definition) is 3. The molecule has 0 heterocycles. The van der Waals surface area contributed by atoms with Gasteiger partial charge in [0.15, 0.2) is 5.78 Å². The summed E-state index contributed by atoms with van der Waals surface area (Å²) < 4.78 is 41.3. The number of carboxylic acids is 1. The van der Waals surface area contributed by atoms with Crippen LogP contribution in [0.1, 0.15) is 88.8 Å². The zero-order valence-corrected chi connectivity index (χ0v) is 23.2. The van der Waals surface area contributed by atoms with Gasteiger partial charge in [-0.3, -0.25) is 9.59 Å². The lowest BCUT2D eigenvalue weighted by Crippen LogP contribution is -2.25. The Kier molecular flexibility index (Phi) is 10.0. The molecule has 2 unspecified atom stereocenters. The second kappa shape index (κ2) is 12.8. The molecule has 0 radical (unpaired) electrons. The number of hydrogen-bond donors (Lipinski definition) is 1. The second-order valence-electron chi connectivity index (χ2n) is 11.7. The van der Waals surface area contributed by atoms with Crippen LogP contribution in [0.15, 0.2) is 60.2 Å². The maximum absolute atomic E-state index is 13.4. The van der Waals surface area contributed by atoms with Crippen LogP contribution < -0.4 is 4.74 Å². The van der Waals surface area contributed by atoms with E-state index in [1.807, 2.05) is 6.92 Å². The van der Waals surface area contributed by atoms with Crippen LogP contribution in [0.25, 0.3) is 0 Å². The van der Waals surface area contributed by atoms with Gasteiger partial charge >= 0.3 is 12.3 Å². The number of ketones is 1. The van der Waals surface area contributed by atoms with Gasteiger partial charge in [0.25, 0.3) is 0 Å². The van der Waals surface area contributed by atoms with Gasteiger partial charge in [0.1, 0.15) is 5.75 Å². The molecule has 0 aliphatic heterocycles. The van der Waals surface area contributed by atoms with Gasteiger partial charge in [0.05, 0.1) is 0 Å². The minimum atomic E-state index is -4.72. The molecule has 212 valence electrons. The number of carbonyl (C=O) groups excluding carboxylic acids is 1. The summed E-state index contributed by atoms with van der Waals surface area (Å²) in [7, 11) is 0. The van der Waals surface area contributed by atoms with Crippen LogP contribution in [0.5, 0.6) is 5.75 Å². The van der Waals surface area contributed by atoms with Gasteiger partial charge in [-0.1, -0.05) is 69.7 Å². The molecule has 0 fully saturated rings. The number of halogens is 3. The average molecular weight is 545 g/mol. The highest BCUT2D eigenvalue weighted by Gasteiger charge is 2.31. The van der Waals surface area contributed by atoms with Crippen molar-refractivity contribution >= 4 is 11.8 Å². The van der Waals surface area contributed by atoms with Gasteiger partial charge in [-0.05, 0) is 84.8 Å². The van der Waals surface area contributed by atoms with Crippen LogP contribution in [-0.2, 0) is 21.4 Å². The van der Waals surface area contributed by atoms with E-state index in [4.69, 9.17) is 0 Å². The monoisotopic (exact) mass is 544 g/mol. The first kappa shape index (κ1) is 30.5. The number of benzene rings is 2. The van der Waals surface area contributed by atoms with Crippen LogP contribution in [-0.4, -0.2) is 23.2 Å². The van der Waals surface area contributed by atoms with Crippen LogP contribution >= 0.6 is 0 Å². The predicted octanol–water partition coefficient (Wildman–Crippen LogP) is 8.40. The fourth-order valence-corrected chi connectivity index (χ4v) is 5.39. The highest BCUT2D eigenvalue weighted by molar-refractivity contribution is 5.93. The van der Waals surface area contributed by atoms with Gasteiger partial charge in [-0.2, -0.15) is 0 Å². The zero-order valence-electron chi connectivity index (χ0n) is 23.2. The first-order valence-electron chi connectivity index (χ1n) is 13.6. The van der Waals surface area contributed by atoms with Gasteiger partial charge in [-0.25, -0.2) is 0 Å². The molecule has 1 N–H and O–H groups in total. The number of rotatable bonds is 9. The van der Waals surface area contributed by atoms with E-state index in [1.165, 1.54) is 17.7 Å². The molecule has 2 aromatic carbocycles. The maximum Gasteiger partial charge on any atom is 0.573 e. The van der Waals surface area contributed by atoms with Crippen molar-refractivity contribution in [2.24, 2.45) is 11.8 Å². The Morgan fingerprint density at radius 2 is 1.62 bits per heavy atom. The molecule has 0 bridgehead atoms. The molecular weight excluding hydrogens is 505 g/mol. The Morgan fingerprint density at radius 1 is 0.974 bits per heavy atom. The summed E-state index contributed by atoms with van der Waals surface area (Å²) in [4.78, 5) is 24.6. The number of allylic oxidation sites excluding steroid dienone is 2. The Balaban J connectivity index is 1.81. The molecular formula is C32H39F3O4. The maximum atomic E-state index is 13.4. The minimum Gasteiger partial charge on any atom is -0.481 e. The minimum absolute atomic E-state index is 0.0107. The molecule has 0 amide bonds. The van der Waals surface area contributed by atoms with E-state index in [0.29, 0.717) is 19.3 Å². The molecule has 3 atom stereocenters. The van der Waals surface area contributed by atoms with E-state index in [9.17, 15) is 27.9 Å². The third kappa shape index (κ3) is 9.26.